The predicted molar refractivity (Wildman–Crippen MR) is 158 cm³/mol. The van der Waals surface area contributed by atoms with Crippen molar-refractivity contribution in [2.45, 2.75) is 78.9 Å². The summed E-state index contributed by atoms with van der Waals surface area (Å²) in [6, 6.07) is 8.55. The molecule has 0 radical (unpaired) electrons. The van der Waals surface area contributed by atoms with Crippen LogP contribution in [0, 0.1) is 17.3 Å². The van der Waals surface area contributed by atoms with Gasteiger partial charge in [-0.1, -0.05) is 64.3 Å². The highest BCUT2D eigenvalue weighted by Gasteiger charge is 2.30. The number of hydrogen-bond donors (Lipinski definition) is 1. The number of Topliss-reactive ketones (excluding diaryl/α,β-unsaturated/α-hetero) is 1. The number of aryl methyl sites for hydroxylation is 1. The second-order valence-electron chi connectivity index (χ2n) is 12.6. The number of ether oxygens (including phenoxy) is 1. The van der Waals surface area contributed by atoms with Gasteiger partial charge >= 0.3 is 6.18 Å². The molecule has 0 saturated heterocycles. The summed E-state index contributed by atoms with van der Waals surface area (Å²) in [4.78, 5) is 30.4. The van der Waals surface area contributed by atoms with Crippen LogP contribution >= 0.6 is 11.6 Å². The van der Waals surface area contributed by atoms with Crippen molar-refractivity contribution in [3.63, 3.8) is 0 Å². The zero-order valence-corrected chi connectivity index (χ0v) is 25.6. The Morgan fingerprint density at radius 2 is 1.79 bits per heavy atom. The fourth-order valence-electron chi connectivity index (χ4n) is 5.32. The molecule has 0 spiro atoms. The summed E-state index contributed by atoms with van der Waals surface area (Å²) in [7, 11) is 1.77. The van der Waals surface area contributed by atoms with Gasteiger partial charge in [0.15, 0.2) is 12.4 Å². The Labute approximate surface area is 250 Å². The minimum absolute atomic E-state index is 0.0682. The standard InChI is InChI=1S/C32H39ClF3N3O3/c1-19-6-8-20(9-7-19)13-27(40)23-15-25-26(16-28(23)42-18-32(34,35)36)39(5)29(38-25)14-22-12-21(10-11-24(22)33)17-37-30(41)31(2,3)4/h10-12,15-16,19-20H,6-9,13-14,17-18H2,1-5H3,(H,37,41). The van der Waals surface area contributed by atoms with Gasteiger partial charge in [0.1, 0.15) is 11.6 Å². The van der Waals surface area contributed by atoms with Crippen LogP contribution in [-0.4, -0.2) is 34.0 Å². The molecule has 0 atom stereocenters. The molecule has 10 heteroatoms. The highest BCUT2D eigenvalue weighted by molar-refractivity contribution is 6.31. The number of carbonyl (C=O) groups excluding carboxylic acids is 2. The molecule has 1 aliphatic carbocycles. The van der Waals surface area contributed by atoms with Gasteiger partial charge in [-0.05, 0) is 47.9 Å². The Morgan fingerprint density at radius 1 is 1.10 bits per heavy atom. The van der Waals surface area contributed by atoms with Crippen molar-refractivity contribution in [1.82, 2.24) is 14.9 Å². The van der Waals surface area contributed by atoms with E-state index < -0.39 is 18.2 Å². The lowest BCUT2D eigenvalue weighted by molar-refractivity contribution is -0.153. The molecule has 1 saturated carbocycles. The molecule has 1 aromatic heterocycles. The molecule has 3 aromatic rings. The number of hydrogen-bond acceptors (Lipinski definition) is 4. The second kappa shape index (κ2) is 12.7. The van der Waals surface area contributed by atoms with Crippen LogP contribution in [0.2, 0.25) is 5.02 Å². The Kier molecular flexibility index (Phi) is 9.60. The van der Waals surface area contributed by atoms with E-state index in [4.69, 9.17) is 21.3 Å². The largest absolute Gasteiger partial charge is 0.483 e. The number of rotatable bonds is 9. The van der Waals surface area contributed by atoms with E-state index >= 15 is 0 Å². The molecule has 1 aliphatic rings. The quantitative estimate of drug-likeness (QED) is 0.252. The van der Waals surface area contributed by atoms with Crippen molar-refractivity contribution in [2.24, 2.45) is 24.3 Å². The maximum absolute atomic E-state index is 13.4. The van der Waals surface area contributed by atoms with Gasteiger partial charge in [-0.3, -0.25) is 9.59 Å². The van der Waals surface area contributed by atoms with Crippen LogP contribution in [0.4, 0.5) is 13.2 Å². The number of ketones is 1. The van der Waals surface area contributed by atoms with Crippen LogP contribution in [0.25, 0.3) is 11.0 Å². The fraction of sp³-hybridized carbons (Fsp3) is 0.531. The van der Waals surface area contributed by atoms with Gasteiger partial charge in [0.05, 0.1) is 16.6 Å². The summed E-state index contributed by atoms with van der Waals surface area (Å²) in [5, 5.41) is 3.46. The number of imidazole rings is 1. The lowest BCUT2D eigenvalue weighted by Crippen LogP contribution is -2.34. The maximum Gasteiger partial charge on any atom is 0.422 e. The normalized spacial score (nSPS) is 17.8. The van der Waals surface area contributed by atoms with E-state index in [2.05, 4.69) is 12.2 Å². The minimum Gasteiger partial charge on any atom is -0.483 e. The number of aromatic nitrogens is 2. The van der Waals surface area contributed by atoms with E-state index in [0.717, 1.165) is 36.8 Å². The first-order chi connectivity index (χ1) is 19.6. The molecule has 0 bridgehead atoms. The second-order valence-corrected chi connectivity index (χ2v) is 13.0. The zero-order chi connectivity index (χ0) is 30.8. The van der Waals surface area contributed by atoms with E-state index in [9.17, 15) is 22.8 Å². The molecule has 1 N–H and O–H groups in total. The Hall–Kier alpha value is -3.07. The summed E-state index contributed by atoms with van der Waals surface area (Å²) >= 11 is 6.51. The molecule has 228 valence electrons. The van der Waals surface area contributed by atoms with Gasteiger partial charge in [0, 0.05) is 42.9 Å². The average molecular weight is 606 g/mol. The Bertz CT molecular complexity index is 1450. The van der Waals surface area contributed by atoms with Crippen LogP contribution in [0.15, 0.2) is 30.3 Å². The smallest absolute Gasteiger partial charge is 0.422 e. The number of benzene rings is 2. The number of halogens is 4. The third kappa shape index (κ3) is 8.06. The molecule has 4 rings (SSSR count). The van der Waals surface area contributed by atoms with E-state index in [-0.39, 0.29) is 35.3 Å². The van der Waals surface area contributed by atoms with Crippen LogP contribution in [-0.2, 0) is 24.8 Å². The molecule has 1 heterocycles. The number of alkyl halides is 3. The predicted octanol–water partition coefficient (Wildman–Crippen LogP) is 7.82. The molecule has 0 unspecified atom stereocenters. The van der Waals surface area contributed by atoms with E-state index in [1.54, 1.807) is 23.7 Å². The summed E-state index contributed by atoms with van der Waals surface area (Å²) in [6.45, 7) is 6.58. The molecule has 2 aromatic carbocycles. The topological polar surface area (TPSA) is 73.2 Å². The molecule has 0 aliphatic heterocycles. The SMILES string of the molecule is CC1CCC(CC(=O)c2cc3nc(Cc4cc(CNC(=O)C(C)(C)C)ccc4Cl)n(C)c3cc2OCC(F)(F)F)CC1. The summed E-state index contributed by atoms with van der Waals surface area (Å²) < 4.78 is 46.2. The van der Waals surface area contributed by atoms with Crippen molar-refractivity contribution in [1.29, 1.82) is 0 Å². The lowest BCUT2D eigenvalue weighted by atomic mass is 9.80. The van der Waals surface area contributed by atoms with Crippen LogP contribution < -0.4 is 10.1 Å². The van der Waals surface area contributed by atoms with Gasteiger partial charge in [0.2, 0.25) is 5.91 Å². The summed E-state index contributed by atoms with van der Waals surface area (Å²) in [6.07, 6.45) is 0.0282. The Morgan fingerprint density at radius 3 is 2.43 bits per heavy atom. The number of nitrogens with one attached hydrogen (secondary N) is 1. The van der Waals surface area contributed by atoms with E-state index in [1.807, 2.05) is 32.9 Å². The average Bonchev–Trinajstić information content (AvgIpc) is 3.21. The number of nitrogens with zero attached hydrogens (tertiary/aromatic N) is 2. The molecule has 1 fully saturated rings. The van der Waals surface area contributed by atoms with Gasteiger partial charge < -0.3 is 14.6 Å². The Balaban J connectivity index is 1.62. The van der Waals surface area contributed by atoms with Crippen molar-refractivity contribution in [3.8, 4) is 5.75 Å². The zero-order valence-electron chi connectivity index (χ0n) is 24.8. The lowest BCUT2D eigenvalue weighted by Gasteiger charge is -2.25. The van der Waals surface area contributed by atoms with Gasteiger partial charge in [-0.2, -0.15) is 13.2 Å². The molecule has 42 heavy (non-hydrogen) atoms. The van der Waals surface area contributed by atoms with Crippen molar-refractivity contribution < 1.29 is 27.5 Å². The number of fused-ring (bicyclic) bond motifs is 1. The van der Waals surface area contributed by atoms with Crippen molar-refractivity contribution in [3.05, 3.63) is 57.9 Å². The third-order valence-electron chi connectivity index (χ3n) is 7.97. The third-order valence-corrected chi connectivity index (χ3v) is 8.34. The monoisotopic (exact) mass is 605 g/mol. The molecule has 6 nitrogen and oxygen atoms in total. The van der Waals surface area contributed by atoms with Gasteiger partial charge in [0.25, 0.3) is 0 Å². The molecular weight excluding hydrogens is 567 g/mol. The maximum atomic E-state index is 13.4. The highest BCUT2D eigenvalue weighted by atomic mass is 35.5. The van der Waals surface area contributed by atoms with Crippen molar-refractivity contribution >= 4 is 34.3 Å². The van der Waals surface area contributed by atoms with Crippen LogP contribution in [0.5, 0.6) is 5.75 Å². The van der Waals surface area contributed by atoms with Crippen molar-refractivity contribution in [2.75, 3.05) is 6.61 Å². The first kappa shape index (κ1) is 31.9. The highest BCUT2D eigenvalue weighted by Crippen LogP contribution is 2.35. The summed E-state index contributed by atoms with van der Waals surface area (Å²) in [5.74, 6) is 1.08. The molecule has 1 amide bonds. The number of amides is 1. The van der Waals surface area contributed by atoms with E-state index in [1.165, 1.54) is 6.07 Å². The first-order valence-corrected chi connectivity index (χ1v) is 14.8. The van der Waals surface area contributed by atoms with Gasteiger partial charge in [-0.25, -0.2) is 4.98 Å². The van der Waals surface area contributed by atoms with E-state index in [0.29, 0.717) is 40.8 Å². The minimum atomic E-state index is -4.54. The first-order valence-electron chi connectivity index (χ1n) is 14.4. The van der Waals surface area contributed by atoms with Gasteiger partial charge in [-0.15, -0.1) is 0 Å². The number of carbonyl (C=O) groups is 2. The molecular formula is C32H39ClF3N3O3. The van der Waals surface area contributed by atoms with Crippen LogP contribution in [0.3, 0.4) is 0 Å². The summed E-state index contributed by atoms with van der Waals surface area (Å²) in [5.41, 5.74) is 2.32. The van der Waals surface area contributed by atoms with Crippen LogP contribution in [0.1, 0.15) is 87.1 Å². The fourth-order valence-corrected chi connectivity index (χ4v) is 5.51.